The maximum Gasteiger partial charge on any atom is 0.177 e. The summed E-state index contributed by atoms with van der Waals surface area (Å²) in [7, 11) is -7.10. The molecule has 1 aliphatic heterocycles. The molecular weight excluding hydrogens is 391 g/mol. The van der Waals surface area contributed by atoms with Crippen molar-refractivity contribution in [3.8, 4) is 0 Å². The Morgan fingerprint density at radius 2 is 1.33 bits per heavy atom. The van der Waals surface area contributed by atoms with E-state index in [1.807, 2.05) is 4.90 Å². The van der Waals surface area contributed by atoms with Crippen molar-refractivity contribution in [3.05, 3.63) is 48.3 Å². The quantitative estimate of drug-likeness (QED) is 0.764. The Morgan fingerprint density at radius 3 is 1.85 bits per heavy atom. The van der Waals surface area contributed by atoms with E-state index >= 15 is 0 Å². The first-order valence-corrected chi connectivity index (χ1v) is 12.1. The lowest BCUT2D eigenvalue weighted by Gasteiger charge is -2.38. The number of benzene rings is 2. The van der Waals surface area contributed by atoms with Gasteiger partial charge in [-0.25, -0.2) is 21.2 Å². The third kappa shape index (κ3) is 4.41. The fourth-order valence-corrected chi connectivity index (χ4v) is 4.78. The maximum absolute atomic E-state index is 13.1. The molecule has 1 heterocycles. The molecule has 27 heavy (non-hydrogen) atoms. The van der Waals surface area contributed by atoms with Gasteiger partial charge >= 0.3 is 0 Å². The molecule has 9 heteroatoms. The molecule has 0 saturated carbocycles. The van der Waals surface area contributed by atoms with Crippen molar-refractivity contribution >= 4 is 31.0 Å². The van der Waals surface area contributed by atoms with Crippen LogP contribution in [0.25, 0.3) is 0 Å². The monoisotopic (exact) mass is 412 g/mol. The van der Waals surface area contributed by atoms with Gasteiger partial charge in [0.15, 0.2) is 19.7 Å². The number of rotatable bonds is 4. The van der Waals surface area contributed by atoms with Gasteiger partial charge in [-0.15, -0.1) is 0 Å². The van der Waals surface area contributed by atoms with Gasteiger partial charge in [-0.2, -0.15) is 0 Å². The summed E-state index contributed by atoms with van der Waals surface area (Å²) in [5.41, 5.74) is 1.41. The van der Waals surface area contributed by atoms with Crippen molar-refractivity contribution in [2.24, 2.45) is 0 Å². The van der Waals surface area contributed by atoms with Gasteiger partial charge < -0.3 is 9.80 Å². The Bertz CT molecular complexity index is 1040. The summed E-state index contributed by atoms with van der Waals surface area (Å²) in [6.45, 7) is 2.42. The lowest BCUT2D eigenvalue weighted by Crippen LogP contribution is -2.47. The fraction of sp³-hybridized carbons (Fsp3) is 0.333. The largest absolute Gasteiger partial charge is 0.368 e. The van der Waals surface area contributed by atoms with Gasteiger partial charge in [0.2, 0.25) is 0 Å². The molecule has 0 amide bonds. The Labute approximate surface area is 159 Å². The maximum atomic E-state index is 13.1. The summed E-state index contributed by atoms with van der Waals surface area (Å²) in [5.74, 6) is -0.291. The van der Waals surface area contributed by atoms with Crippen LogP contribution in [0, 0.1) is 5.82 Å². The minimum absolute atomic E-state index is 0.0145. The molecule has 0 N–H and O–H groups in total. The highest BCUT2D eigenvalue weighted by Gasteiger charge is 2.24. The van der Waals surface area contributed by atoms with E-state index in [2.05, 4.69) is 4.90 Å². The third-order valence-electron chi connectivity index (χ3n) is 4.57. The van der Waals surface area contributed by atoms with Crippen LogP contribution in [0.3, 0.4) is 0 Å². The normalized spacial score (nSPS) is 15.8. The molecule has 146 valence electrons. The van der Waals surface area contributed by atoms with Crippen molar-refractivity contribution in [2.45, 2.75) is 9.79 Å². The van der Waals surface area contributed by atoms with Crippen molar-refractivity contribution in [2.75, 3.05) is 48.5 Å². The second-order valence-electron chi connectivity index (χ2n) is 6.62. The Kier molecular flexibility index (Phi) is 5.18. The van der Waals surface area contributed by atoms with Gasteiger partial charge in [0.1, 0.15) is 5.82 Å². The first-order chi connectivity index (χ1) is 12.6. The number of piperazine rings is 1. The van der Waals surface area contributed by atoms with E-state index in [9.17, 15) is 21.2 Å². The van der Waals surface area contributed by atoms with Crippen molar-refractivity contribution in [3.63, 3.8) is 0 Å². The number of sulfone groups is 2. The zero-order valence-electron chi connectivity index (χ0n) is 15.1. The van der Waals surface area contributed by atoms with Crippen LogP contribution in [0.15, 0.2) is 52.3 Å². The van der Waals surface area contributed by atoms with Crippen LogP contribution in [0.2, 0.25) is 0 Å². The van der Waals surface area contributed by atoms with Crippen molar-refractivity contribution < 1.29 is 21.2 Å². The molecule has 2 aromatic carbocycles. The molecule has 3 rings (SSSR count). The number of anilines is 2. The fourth-order valence-electron chi connectivity index (χ4n) is 3.14. The molecule has 6 nitrogen and oxygen atoms in total. The van der Waals surface area contributed by atoms with Crippen LogP contribution in [-0.2, 0) is 19.7 Å². The average Bonchev–Trinajstić information content (AvgIpc) is 2.60. The molecule has 0 aromatic heterocycles. The van der Waals surface area contributed by atoms with E-state index in [-0.39, 0.29) is 15.6 Å². The topological polar surface area (TPSA) is 74.8 Å². The van der Waals surface area contributed by atoms with Gasteiger partial charge in [-0.05, 0) is 42.5 Å². The molecular formula is C18H21FN2O4S2. The number of hydrogen-bond donors (Lipinski definition) is 0. The standard InChI is InChI=1S/C18H21FN2O4S2/c1-26(22,23)16-7-8-17(18(13-16)27(2,24)25)21-11-9-20(10-12-21)15-5-3-14(19)4-6-15/h3-8,13H,9-12H2,1-2H3. The zero-order valence-corrected chi connectivity index (χ0v) is 16.7. The molecule has 1 aliphatic rings. The summed E-state index contributed by atoms with van der Waals surface area (Å²) in [6.07, 6.45) is 2.13. The lowest BCUT2D eigenvalue weighted by atomic mass is 10.2. The van der Waals surface area contributed by atoms with Crippen molar-refractivity contribution in [1.82, 2.24) is 0 Å². The first kappa shape index (κ1) is 19.6. The van der Waals surface area contributed by atoms with Gasteiger partial charge in [0.25, 0.3) is 0 Å². The number of hydrogen-bond acceptors (Lipinski definition) is 6. The van der Waals surface area contributed by atoms with Crippen LogP contribution < -0.4 is 9.80 Å². The Balaban J connectivity index is 1.86. The van der Waals surface area contributed by atoms with Crippen LogP contribution >= 0.6 is 0 Å². The highest BCUT2D eigenvalue weighted by atomic mass is 32.2. The summed E-state index contributed by atoms with van der Waals surface area (Å²) in [4.78, 5) is 4.03. The van der Waals surface area contributed by atoms with Crippen molar-refractivity contribution in [1.29, 1.82) is 0 Å². The zero-order chi connectivity index (χ0) is 19.8. The third-order valence-corrected chi connectivity index (χ3v) is 6.81. The molecule has 1 saturated heterocycles. The van der Waals surface area contributed by atoms with E-state index in [1.165, 1.54) is 24.3 Å². The molecule has 0 unspecified atom stereocenters. The van der Waals surface area contributed by atoms with E-state index in [1.54, 1.807) is 18.2 Å². The highest BCUT2D eigenvalue weighted by molar-refractivity contribution is 7.91. The molecule has 0 radical (unpaired) electrons. The van der Waals surface area contributed by atoms with Crippen LogP contribution in [0.5, 0.6) is 0 Å². The lowest BCUT2D eigenvalue weighted by molar-refractivity contribution is 0.598. The highest BCUT2D eigenvalue weighted by Crippen LogP contribution is 2.30. The first-order valence-electron chi connectivity index (χ1n) is 8.35. The molecule has 0 atom stereocenters. The molecule has 0 spiro atoms. The van der Waals surface area contributed by atoms with E-state index in [0.29, 0.717) is 31.9 Å². The van der Waals surface area contributed by atoms with Gasteiger partial charge in [0.05, 0.1) is 15.5 Å². The molecule has 0 aliphatic carbocycles. The second kappa shape index (κ2) is 7.12. The van der Waals surface area contributed by atoms with Gasteiger partial charge in [-0.3, -0.25) is 0 Å². The van der Waals surface area contributed by atoms with Crippen LogP contribution in [0.4, 0.5) is 15.8 Å². The summed E-state index contributed by atoms with van der Waals surface area (Å²) in [5, 5.41) is 0. The minimum atomic E-state index is -3.60. The predicted octanol–water partition coefficient (Wildman–Crippen LogP) is 1.96. The summed E-state index contributed by atoms with van der Waals surface area (Å²) < 4.78 is 61.1. The van der Waals surface area contributed by atoms with Gasteiger partial charge in [-0.1, -0.05) is 0 Å². The van der Waals surface area contributed by atoms with E-state index < -0.39 is 19.7 Å². The van der Waals surface area contributed by atoms with Crippen LogP contribution in [-0.4, -0.2) is 55.5 Å². The predicted molar refractivity (Wildman–Crippen MR) is 103 cm³/mol. The Hall–Kier alpha value is -2.13. The number of halogens is 1. The van der Waals surface area contributed by atoms with E-state index in [0.717, 1.165) is 18.2 Å². The number of nitrogens with zero attached hydrogens (tertiary/aromatic N) is 2. The SMILES string of the molecule is CS(=O)(=O)c1ccc(N2CCN(c3ccc(F)cc3)CC2)c(S(C)(=O)=O)c1. The average molecular weight is 413 g/mol. The minimum Gasteiger partial charge on any atom is -0.368 e. The van der Waals surface area contributed by atoms with Crippen LogP contribution in [0.1, 0.15) is 0 Å². The smallest absolute Gasteiger partial charge is 0.177 e. The summed E-state index contributed by atoms with van der Waals surface area (Å²) >= 11 is 0. The molecule has 2 aromatic rings. The molecule has 0 bridgehead atoms. The summed E-state index contributed by atoms with van der Waals surface area (Å²) in [6, 6.07) is 10.5. The van der Waals surface area contributed by atoms with Gasteiger partial charge in [0, 0.05) is 44.4 Å². The second-order valence-corrected chi connectivity index (χ2v) is 10.6. The van der Waals surface area contributed by atoms with E-state index in [4.69, 9.17) is 0 Å². The molecule has 1 fully saturated rings. The Morgan fingerprint density at radius 1 is 0.778 bits per heavy atom.